The highest BCUT2D eigenvalue weighted by Gasteiger charge is 2.72. The summed E-state index contributed by atoms with van der Waals surface area (Å²) in [7, 11) is 0. The molecule has 182 valence electrons. The summed E-state index contributed by atoms with van der Waals surface area (Å²) in [6.45, 7) is -2.06. The van der Waals surface area contributed by atoms with Crippen molar-refractivity contribution in [3.05, 3.63) is 35.9 Å². The summed E-state index contributed by atoms with van der Waals surface area (Å²) in [4.78, 5) is 0. The number of hydrogen-bond acceptors (Lipinski definition) is 12. The molecule has 0 amide bonds. The van der Waals surface area contributed by atoms with E-state index in [1.165, 1.54) is 0 Å². The fraction of sp³-hybridized carbons (Fsp3) is 0.700. The van der Waals surface area contributed by atoms with Crippen molar-refractivity contribution >= 4 is 0 Å². The Labute approximate surface area is 183 Å². The van der Waals surface area contributed by atoms with E-state index in [1.807, 2.05) is 0 Å². The fourth-order valence-corrected chi connectivity index (χ4v) is 4.07. The van der Waals surface area contributed by atoms with Crippen LogP contribution in [0.5, 0.6) is 0 Å². The second-order valence-electron chi connectivity index (χ2n) is 7.98. The molecule has 2 aliphatic rings. The summed E-state index contributed by atoms with van der Waals surface area (Å²) < 4.78 is 16.4. The molecule has 10 atom stereocenters. The van der Waals surface area contributed by atoms with Crippen LogP contribution in [-0.2, 0) is 20.6 Å². The number of aliphatic hydroxyl groups excluding tert-OH is 8. The average Bonchev–Trinajstić information content (AvgIpc) is 2.80. The van der Waals surface area contributed by atoms with Crippen molar-refractivity contribution in [2.45, 2.75) is 66.8 Å². The minimum Gasteiger partial charge on any atom is -0.394 e. The molecular formula is C20H30O12. The van der Waals surface area contributed by atoms with Gasteiger partial charge in [-0.05, 0) is 12.0 Å². The smallest absolute Gasteiger partial charge is 0.256 e. The van der Waals surface area contributed by atoms with E-state index in [0.29, 0.717) is 0 Å². The van der Waals surface area contributed by atoms with E-state index in [0.717, 1.165) is 5.56 Å². The van der Waals surface area contributed by atoms with Crippen molar-refractivity contribution in [1.82, 2.24) is 0 Å². The summed E-state index contributed by atoms with van der Waals surface area (Å²) >= 11 is 0. The SMILES string of the molecule is OC[C@H]1OC(O)(C2(OCCc3ccccc3)O[C@H](CO)[C@@H](O)[C@H](O)[C@@H]2O)[C@H](O)[C@@H](O)[C@H]1O. The first kappa shape index (κ1) is 25.4. The van der Waals surface area contributed by atoms with Gasteiger partial charge >= 0.3 is 0 Å². The second-order valence-corrected chi connectivity index (χ2v) is 7.98. The van der Waals surface area contributed by atoms with Crippen LogP contribution in [0.3, 0.4) is 0 Å². The topological polar surface area (TPSA) is 210 Å². The molecule has 0 aromatic heterocycles. The zero-order valence-corrected chi connectivity index (χ0v) is 17.1. The summed E-state index contributed by atoms with van der Waals surface area (Å²) in [5.74, 6) is -5.99. The summed E-state index contributed by atoms with van der Waals surface area (Å²) in [5.41, 5.74) is 0.785. The normalized spacial score (nSPS) is 45.0. The lowest BCUT2D eigenvalue weighted by Gasteiger charge is -2.58. The highest BCUT2D eigenvalue weighted by atomic mass is 16.8. The Hall–Kier alpha value is -1.26. The van der Waals surface area contributed by atoms with Gasteiger partial charge in [-0.2, -0.15) is 0 Å². The molecule has 0 saturated carbocycles. The van der Waals surface area contributed by atoms with Crippen molar-refractivity contribution < 1.29 is 60.2 Å². The molecule has 12 heteroatoms. The Morgan fingerprint density at radius 3 is 1.84 bits per heavy atom. The lowest BCUT2D eigenvalue weighted by Crippen LogP contribution is -2.82. The Bertz CT molecular complexity index is 733. The molecule has 32 heavy (non-hydrogen) atoms. The minimum absolute atomic E-state index is 0.210. The van der Waals surface area contributed by atoms with Gasteiger partial charge in [-0.3, -0.25) is 0 Å². The van der Waals surface area contributed by atoms with Crippen LogP contribution in [-0.4, -0.2) is 126 Å². The maximum atomic E-state index is 11.4. The van der Waals surface area contributed by atoms with Gasteiger partial charge in [0.2, 0.25) is 0 Å². The third-order valence-corrected chi connectivity index (χ3v) is 5.97. The molecule has 2 saturated heterocycles. The van der Waals surface area contributed by atoms with Gasteiger partial charge in [-0.25, -0.2) is 0 Å². The summed E-state index contributed by atoms with van der Waals surface area (Å²) in [6.07, 6.45) is -15.4. The third kappa shape index (κ3) is 4.18. The Kier molecular flexibility index (Phi) is 7.87. The second kappa shape index (κ2) is 9.93. The van der Waals surface area contributed by atoms with Gasteiger partial charge in [-0.1, -0.05) is 30.3 Å². The van der Waals surface area contributed by atoms with E-state index in [-0.39, 0.29) is 13.0 Å². The number of rotatable bonds is 7. The van der Waals surface area contributed by atoms with Crippen LogP contribution in [0, 0.1) is 0 Å². The molecule has 0 radical (unpaired) electrons. The molecule has 2 unspecified atom stereocenters. The molecular weight excluding hydrogens is 432 g/mol. The molecule has 2 heterocycles. The lowest BCUT2D eigenvalue weighted by molar-refractivity contribution is -0.498. The van der Waals surface area contributed by atoms with E-state index in [4.69, 9.17) is 14.2 Å². The predicted octanol–water partition coefficient (Wildman–Crippen LogP) is -4.42. The van der Waals surface area contributed by atoms with Crippen LogP contribution in [0.1, 0.15) is 5.56 Å². The average molecular weight is 462 g/mol. The van der Waals surface area contributed by atoms with Crippen molar-refractivity contribution in [2.24, 2.45) is 0 Å². The first-order chi connectivity index (χ1) is 15.1. The zero-order valence-electron chi connectivity index (χ0n) is 17.1. The maximum Gasteiger partial charge on any atom is 0.256 e. The minimum atomic E-state index is -3.15. The van der Waals surface area contributed by atoms with Gasteiger partial charge in [0.05, 0.1) is 19.8 Å². The molecule has 12 nitrogen and oxygen atoms in total. The van der Waals surface area contributed by atoms with Crippen molar-refractivity contribution in [1.29, 1.82) is 0 Å². The number of benzene rings is 1. The fourth-order valence-electron chi connectivity index (χ4n) is 4.07. The van der Waals surface area contributed by atoms with E-state index in [2.05, 4.69) is 0 Å². The van der Waals surface area contributed by atoms with Crippen LogP contribution in [0.2, 0.25) is 0 Å². The van der Waals surface area contributed by atoms with E-state index < -0.39 is 73.6 Å². The van der Waals surface area contributed by atoms with Gasteiger partial charge in [0.15, 0.2) is 0 Å². The largest absolute Gasteiger partial charge is 0.394 e. The van der Waals surface area contributed by atoms with E-state index in [1.54, 1.807) is 30.3 Å². The highest BCUT2D eigenvalue weighted by molar-refractivity contribution is 5.15. The third-order valence-electron chi connectivity index (χ3n) is 5.97. The van der Waals surface area contributed by atoms with Gasteiger partial charge in [-0.15, -0.1) is 0 Å². The zero-order chi connectivity index (χ0) is 23.7. The molecule has 9 N–H and O–H groups in total. The molecule has 2 fully saturated rings. The first-order valence-electron chi connectivity index (χ1n) is 10.2. The van der Waals surface area contributed by atoms with Crippen molar-refractivity contribution in [2.75, 3.05) is 19.8 Å². The van der Waals surface area contributed by atoms with Crippen LogP contribution in [0.25, 0.3) is 0 Å². The molecule has 1 aromatic carbocycles. The van der Waals surface area contributed by atoms with Crippen molar-refractivity contribution in [3.8, 4) is 0 Å². The summed E-state index contributed by atoms with van der Waals surface area (Å²) in [5, 5.41) is 92.7. The van der Waals surface area contributed by atoms with Gasteiger partial charge in [0.25, 0.3) is 11.6 Å². The number of hydrogen-bond donors (Lipinski definition) is 9. The van der Waals surface area contributed by atoms with E-state index >= 15 is 0 Å². The molecule has 2 aliphatic heterocycles. The van der Waals surface area contributed by atoms with Crippen molar-refractivity contribution in [3.63, 3.8) is 0 Å². The summed E-state index contributed by atoms with van der Waals surface area (Å²) in [6, 6.07) is 8.87. The number of aliphatic hydroxyl groups is 9. The predicted molar refractivity (Wildman–Crippen MR) is 104 cm³/mol. The molecule has 0 bridgehead atoms. The maximum absolute atomic E-state index is 11.4. The first-order valence-corrected chi connectivity index (χ1v) is 10.2. The van der Waals surface area contributed by atoms with E-state index in [9.17, 15) is 46.0 Å². The Morgan fingerprint density at radius 1 is 0.750 bits per heavy atom. The lowest BCUT2D eigenvalue weighted by atomic mass is 9.80. The van der Waals surface area contributed by atoms with Crippen LogP contribution >= 0.6 is 0 Å². The molecule has 0 spiro atoms. The van der Waals surface area contributed by atoms with Crippen LogP contribution < -0.4 is 0 Å². The van der Waals surface area contributed by atoms with Gasteiger partial charge in [0.1, 0.15) is 48.8 Å². The Balaban J connectivity index is 2.01. The van der Waals surface area contributed by atoms with Gasteiger partial charge in [0, 0.05) is 0 Å². The molecule has 3 rings (SSSR count). The van der Waals surface area contributed by atoms with Crippen LogP contribution in [0.4, 0.5) is 0 Å². The quantitative estimate of drug-likeness (QED) is 0.188. The number of ether oxygens (including phenoxy) is 3. The molecule has 1 aromatic rings. The van der Waals surface area contributed by atoms with Gasteiger partial charge < -0.3 is 60.2 Å². The van der Waals surface area contributed by atoms with Crippen LogP contribution in [0.15, 0.2) is 30.3 Å². The standard InChI is InChI=1S/C20H30O12/c21-8-11-13(23)15(25)17(27)19(29,31-11)20(30-7-6-10-4-2-1-3-5-10)18(28)16(26)14(24)12(9-22)32-20/h1-5,11-18,21-29H,6-9H2/t11-,12-,13+,14-,15+,16+,17-,18+,19?,20?/m1/s1. The monoisotopic (exact) mass is 462 g/mol. The molecule has 0 aliphatic carbocycles. The highest BCUT2D eigenvalue weighted by Crippen LogP contribution is 2.45. The Morgan fingerprint density at radius 2 is 1.28 bits per heavy atom.